The lowest BCUT2D eigenvalue weighted by molar-refractivity contribution is -0.140. The summed E-state index contributed by atoms with van der Waals surface area (Å²) >= 11 is 1.18. The summed E-state index contributed by atoms with van der Waals surface area (Å²) in [5.74, 6) is -14.0. The van der Waals surface area contributed by atoms with Gasteiger partial charge in [-0.05, 0) is 50.2 Å². The number of carbonyl (C=O) groups is 1. The van der Waals surface area contributed by atoms with Crippen LogP contribution in [0.15, 0.2) is 53.7 Å². The third kappa shape index (κ3) is 5.20. The number of thioether (sulfide) groups is 1. The minimum Gasteiger partial charge on any atom is -0.457 e. The second-order valence-electron chi connectivity index (χ2n) is 8.55. The van der Waals surface area contributed by atoms with Crippen LogP contribution in [0, 0.1) is 29.1 Å². The predicted molar refractivity (Wildman–Crippen MR) is 127 cm³/mol. The maximum absolute atomic E-state index is 14.2. The lowest BCUT2D eigenvalue weighted by atomic mass is 10.0. The summed E-state index contributed by atoms with van der Waals surface area (Å²) in [6, 6.07) is 6.78. The van der Waals surface area contributed by atoms with Gasteiger partial charge in [0, 0.05) is 29.4 Å². The molecule has 38 heavy (non-hydrogen) atoms. The van der Waals surface area contributed by atoms with Crippen LogP contribution in [0.3, 0.4) is 0 Å². The molecule has 1 unspecified atom stereocenters. The van der Waals surface area contributed by atoms with Gasteiger partial charge < -0.3 is 9.47 Å². The second kappa shape index (κ2) is 10.5. The number of sulfonamides is 1. The molecule has 1 aromatic heterocycles. The third-order valence-corrected chi connectivity index (χ3v) is 8.88. The zero-order chi connectivity index (χ0) is 27.8. The summed E-state index contributed by atoms with van der Waals surface area (Å²) in [5, 5.41) is 0. The summed E-state index contributed by atoms with van der Waals surface area (Å²) in [4.78, 5) is 16.7. The number of nitrogens with zero attached hydrogens (tertiary/aromatic N) is 2. The molecule has 0 radical (unpaired) electrons. The zero-order valence-corrected chi connectivity index (χ0v) is 21.4. The molecule has 4 rings (SSSR count). The summed E-state index contributed by atoms with van der Waals surface area (Å²) < 4.78 is 106. The predicted octanol–water partition coefficient (Wildman–Crippen LogP) is 5.06. The molecule has 1 atom stereocenters. The van der Waals surface area contributed by atoms with E-state index in [-0.39, 0.29) is 17.2 Å². The monoisotopic (exact) mass is 574 g/mol. The smallest absolute Gasteiger partial charge is 0.331 e. The first-order valence-electron chi connectivity index (χ1n) is 10.9. The maximum Gasteiger partial charge on any atom is 0.331 e. The van der Waals surface area contributed by atoms with Gasteiger partial charge in [-0.1, -0.05) is 0 Å². The Morgan fingerprint density at radius 2 is 1.45 bits per heavy atom. The van der Waals surface area contributed by atoms with E-state index in [9.17, 15) is 35.2 Å². The summed E-state index contributed by atoms with van der Waals surface area (Å²) in [6.45, 7) is 2.80. The molecule has 3 aromatic rings. The quantitative estimate of drug-likeness (QED) is 0.134. The van der Waals surface area contributed by atoms with Gasteiger partial charge in [-0.25, -0.2) is 26.4 Å². The molecule has 0 spiro atoms. The molecule has 0 bridgehead atoms. The highest BCUT2D eigenvalue weighted by molar-refractivity contribution is 8.00. The first-order chi connectivity index (χ1) is 17.8. The van der Waals surface area contributed by atoms with Gasteiger partial charge in [-0.15, -0.1) is 0 Å². The average Bonchev–Trinajstić information content (AvgIpc) is 2.89. The zero-order valence-electron chi connectivity index (χ0n) is 19.8. The molecule has 1 aliphatic rings. The molecule has 1 aliphatic heterocycles. The van der Waals surface area contributed by atoms with E-state index in [1.807, 2.05) is 0 Å². The van der Waals surface area contributed by atoms with Gasteiger partial charge in [0.1, 0.15) is 17.5 Å². The van der Waals surface area contributed by atoms with Gasteiger partial charge >= 0.3 is 5.97 Å². The fourth-order valence-electron chi connectivity index (χ4n) is 3.80. The van der Waals surface area contributed by atoms with Crippen LogP contribution in [0.2, 0.25) is 0 Å². The standard InChI is InChI=1S/C24H19F5N2O5S2/c1-24(2)22(23(32)36-21-19(28)17(26)16(25)18(27)20(21)29)31(11-12-37-24)38(33,34)15-5-3-13(4-6-15)35-14-7-9-30-10-8-14/h3-10,22H,11-12H2,1-2H3. The minimum absolute atomic E-state index is 0.192. The second-order valence-corrected chi connectivity index (χ2v) is 12.2. The van der Waals surface area contributed by atoms with Crippen LogP contribution in [0.5, 0.6) is 17.2 Å². The van der Waals surface area contributed by atoms with E-state index in [1.165, 1.54) is 62.3 Å². The Bertz CT molecular complexity index is 1440. The molecular weight excluding hydrogens is 555 g/mol. The number of hydrogen-bond donors (Lipinski definition) is 0. The number of ether oxygens (including phenoxy) is 2. The van der Waals surface area contributed by atoms with E-state index in [2.05, 4.69) is 9.72 Å². The molecule has 0 N–H and O–H groups in total. The van der Waals surface area contributed by atoms with Gasteiger partial charge in [0.15, 0.2) is 0 Å². The summed E-state index contributed by atoms with van der Waals surface area (Å²) in [5.41, 5.74) is 0. The first kappa shape index (κ1) is 27.8. The van der Waals surface area contributed by atoms with Crippen molar-refractivity contribution in [1.29, 1.82) is 0 Å². The van der Waals surface area contributed by atoms with Gasteiger partial charge in [0.25, 0.3) is 0 Å². The Labute approximate surface area is 218 Å². The molecule has 1 fully saturated rings. The van der Waals surface area contributed by atoms with E-state index in [1.54, 1.807) is 12.1 Å². The molecule has 7 nitrogen and oxygen atoms in total. The normalized spacial score (nSPS) is 17.7. The lowest BCUT2D eigenvalue weighted by Crippen LogP contribution is -2.59. The van der Waals surface area contributed by atoms with Gasteiger partial charge in [-0.2, -0.15) is 24.8 Å². The molecular formula is C24H19F5N2O5S2. The highest BCUT2D eigenvalue weighted by Gasteiger charge is 2.50. The van der Waals surface area contributed by atoms with Crippen LogP contribution < -0.4 is 9.47 Å². The molecule has 0 aliphatic carbocycles. The molecule has 0 saturated carbocycles. The van der Waals surface area contributed by atoms with Crippen LogP contribution in [-0.4, -0.2) is 46.8 Å². The van der Waals surface area contributed by atoms with Crippen molar-refractivity contribution < 1.29 is 44.6 Å². The van der Waals surface area contributed by atoms with Crippen LogP contribution in [0.4, 0.5) is 22.0 Å². The first-order valence-corrected chi connectivity index (χ1v) is 13.3. The summed E-state index contributed by atoms with van der Waals surface area (Å²) in [6.07, 6.45) is 3.02. The van der Waals surface area contributed by atoms with Gasteiger partial charge in [0.05, 0.1) is 4.90 Å². The molecule has 0 amide bonds. The van der Waals surface area contributed by atoms with E-state index in [4.69, 9.17) is 4.74 Å². The average molecular weight is 575 g/mol. The van der Waals surface area contributed by atoms with Crippen LogP contribution in [-0.2, 0) is 14.8 Å². The number of carbonyl (C=O) groups excluding carboxylic acids is 1. The Hall–Kier alpha value is -3.23. The van der Waals surface area contributed by atoms with Crippen molar-refractivity contribution in [3.8, 4) is 17.2 Å². The Balaban J connectivity index is 1.65. The minimum atomic E-state index is -4.39. The Morgan fingerprint density at radius 3 is 2.03 bits per heavy atom. The van der Waals surface area contributed by atoms with Crippen molar-refractivity contribution in [2.45, 2.75) is 29.5 Å². The Kier molecular flexibility index (Phi) is 7.68. The topological polar surface area (TPSA) is 85.8 Å². The third-order valence-electron chi connectivity index (χ3n) is 5.64. The number of halogens is 5. The van der Waals surface area contributed by atoms with E-state index in [0.717, 1.165) is 4.31 Å². The van der Waals surface area contributed by atoms with Crippen molar-refractivity contribution in [2.24, 2.45) is 0 Å². The van der Waals surface area contributed by atoms with Crippen molar-refractivity contribution >= 4 is 27.8 Å². The molecule has 14 heteroatoms. The fraction of sp³-hybridized carbons (Fsp3) is 0.250. The van der Waals surface area contributed by atoms with Crippen molar-refractivity contribution in [3.05, 3.63) is 77.9 Å². The number of aromatic nitrogens is 1. The fourth-order valence-corrected chi connectivity index (χ4v) is 6.89. The van der Waals surface area contributed by atoms with E-state index in [0.29, 0.717) is 11.5 Å². The molecule has 2 aromatic carbocycles. The molecule has 2 heterocycles. The maximum atomic E-state index is 14.2. The van der Waals surface area contributed by atoms with Crippen molar-refractivity contribution in [2.75, 3.05) is 12.3 Å². The Morgan fingerprint density at radius 1 is 0.921 bits per heavy atom. The van der Waals surface area contributed by atoms with E-state index < -0.39 is 61.6 Å². The number of esters is 1. The molecule has 1 saturated heterocycles. The lowest BCUT2D eigenvalue weighted by Gasteiger charge is -2.43. The highest BCUT2D eigenvalue weighted by atomic mass is 32.2. The summed E-state index contributed by atoms with van der Waals surface area (Å²) in [7, 11) is -4.39. The van der Waals surface area contributed by atoms with Crippen LogP contribution in [0.25, 0.3) is 0 Å². The number of hydrogen-bond acceptors (Lipinski definition) is 7. The molecule has 202 valence electrons. The van der Waals surface area contributed by atoms with Crippen molar-refractivity contribution in [1.82, 2.24) is 9.29 Å². The van der Waals surface area contributed by atoms with E-state index >= 15 is 0 Å². The van der Waals surface area contributed by atoms with Crippen LogP contribution in [0.1, 0.15) is 13.8 Å². The number of benzene rings is 2. The van der Waals surface area contributed by atoms with Gasteiger partial charge in [0.2, 0.25) is 44.9 Å². The van der Waals surface area contributed by atoms with Crippen LogP contribution >= 0.6 is 11.8 Å². The SMILES string of the molecule is CC1(C)SCCN(S(=O)(=O)c2ccc(Oc3ccncc3)cc2)C1C(=O)Oc1c(F)c(F)c(F)c(F)c1F. The number of pyridine rings is 1. The van der Waals surface area contributed by atoms with Gasteiger partial charge in [-0.3, -0.25) is 4.98 Å². The highest BCUT2D eigenvalue weighted by Crippen LogP contribution is 2.40. The number of rotatable bonds is 6. The van der Waals surface area contributed by atoms with Crippen molar-refractivity contribution in [3.63, 3.8) is 0 Å². The largest absolute Gasteiger partial charge is 0.457 e.